The summed E-state index contributed by atoms with van der Waals surface area (Å²) >= 11 is 1.49. The van der Waals surface area contributed by atoms with E-state index in [-0.39, 0.29) is 11.7 Å². The van der Waals surface area contributed by atoms with E-state index < -0.39 is 0 Å². The summed E-state index contributed by atoms with van der Waals surface area (Å²) in [5, 5.41) is 8.77. The third kappa shape index (κ3) is 3.68. The minimum Gasteiger partial charge on any atom is -0.451 e. The van der Waals surface area contributed by atoms with Gasteiger partial charge in [-0.05, 0) is 43.7 Å². The van der Waals surface area contributed by atoms with Crippen molar-refractivity contribution in [3.8, 4) is 0 Å². The molecule has 0 radical (unpaired) electrons. The fraction of sp³-hybridized carbons (Fsp3) is 0.150. The van der Waals surface area contributed by atoms with Gasteiger partial charge in [-0.1, -0.05) is 36.5 Å². The molecule has 6 nitrogen and oxygen atoms in total. The summed E-state index contributed by atoms with van der Waals surface area (Å²) in [4.78, 5) is 17.0. The normalized spacial score (nSPS) is 11.9. The number of nitrogens with zero attached hydrogens (tertiary/aromatic N) is 2. The lowest BCUT2D eigenvalue weighted by atomic mass is 10.2. The Morgan fingerprint density at radius 1 is 1.22 bits per heavy atom. The number of hydrazone groups is 1. The second-order valence-corrected chi connectivity index (χ2v) is 7.15. The van der Waals surface area contributed by atoms with Gasteiger partial charge in [0.1, 0.15) is 5.58 Å². The summed E-state index contributed by atoms with van der Waals surface area (Å²) in [6, 6.07) is 14.9. The smallest absolute Gasteiger partial charge is 0.291 e. The molecule has 0 aliphatic heterocycles. The number of nitrogens with one attached hydrogen (secondary N) is 2. The van der Waals surface area contributed by atoms with Gasteiger partial charge in [0, 0.05) is 16.8 Å². The third-order valence-electron chi connectivity index (χ3n) is 4.15. The van der Waals surface area contributed by atoms with Gasteiger partial charge < -0.3 is 9.73 Å². The summed E-state index contributed by atoms with van der Waals surface area (Å²) in [7, 11) is 0. The van der Waals surface area contributed by atoms with E-state index >= 15 is 0 Å². The number of carbonyl (C=O) groups excluding carboxylic acids is 1. The Balaban J connectivity index is 1.53. The van der Waals surface area contributed by atoms with Crippen LogP contribution in [0.4, 0.5) is 10.8 Å². The van der Waals surface area contributed by atoms with E-state index in [4.69, 9.17) is 4.42 Å². The topological polar surface area (TPSA) is 79.5 Å². The van der Waals surface area contributed by atoms with Crippen molar-refractivity contribution in [3.63, 3.8) is 0 Å². The van der Waals surface area contributed by atoms with Crippen molar-refractivity contribution in [3.05, 3.63) is 54.3 Å². The van der Waals surface area contributed by atoms with Gasteiger partial charge in [0.15, 0.2) is 5.76 Å². The molecule has 2 aromatic heterocycles. The van der Waals surface area contributed by atoms with Crippen LogP contribution in [0.25, 0.3) is 21.2 Å². The van der Waals surface area contributed by atoms with Gasteiger partial charge in [0.05, 0.1) is 10.2 Å². The molecule has 136 valence electrons. The first-order valence-corrected chi connectivity index (χ1v) is 9.43. The Labute approximate surface area is 159 Å². The van der Waals surface area contributed by atoms with E-state index in [1.54, 1.807) is 6.07 Å². The second-order valence-electron chi connectivity index (χ2n) is 6.12. The molecule has 0 unspecified atom stereocenters. The highest BCUT2D eigenvalue weighted by atomic mass is 32.1. The molecular weight excluding hydrogens is 360 g/mol. The Bertz CT molecular complexity index is 1130. The van der Waals surface area contributed by atoms with Crippen LogP contribution in [0.5, 0.6) is 0 Å². The molecule has 0 aliphatic rings. The lowest BCUT2D eigenvalue weighted by Gasteiger charge is -2.02. The van der Waals surface area contributed by atoms with E-state index in [0.29, 0.717) is 11.3 Å². The fourth-order valence-corrected chi connectivity index (χ4v) is 3.41. The molecule has 0 atom stereocenters. The zero-order chi connectivity index (χ0) is 18.8. The number of carbonyl (C=O) groups is 1. The van der Waals surface area contributed by atoms with E-state index in [0.717, 1.165) is 32.9 Å². The fourth-order valence-electron chi connectivity index (χ4n) is 2.56. The van der Waals surface area contributed by atoms with Crippen molar-refractivity contribution >= 4 is 55.0 Å². The average Bonchev–Trinajstić information content (AvgIpc) is 3.29. The Morgan fingerprint density at radius 2 is 2.07 bits per heavy atom. The lowest BCUT2D eigenvalue weighted by molar-refractivity contribution is 0.0998. The van der Waals surface area contributed by atoms with Gasteiger partial charge in [-0.3, -0.25) is 10.2 Å². The van der Waals surface area contributed by atoms with E-state index in [2.05, 4.69) is 27.8 Å². The Hall–Kier alpha value is -3.19. The predicted molar refractivity (Wildman–Crippen MR) is 111 cm³/mol. The molecule has 1 amide bonds. The number of aromatic nitrogens is 1. The van der Waals surface area contributed by atoms with Gasteiger partial charge in [-0.15, -0.1) is 0 Å². The van der Waals surface area contributed by atoms with Gasteiger partial charge in [0.2, 0.25) is 5.13 Å². The molecule has 0 aliphatic carbocycles. The average molecular weight is 378 g/mol. The number of rotatable bonds is 5. The quantitative estimate of drug-likeness (QED) is 0.355. The Kier molecular flexibility index (Phi) is 4.60. The highest BCUT2D eigenvalue weighted by Crippen LogP contribution is 2.29. The zero-order valence-corrected chi connectivity index (χ0v) is 15.8. The number of amides is 1. The summed E-state index contributed by atoms with van der Waals surface area (Å²) < 4.78 is 6.57. The van der Waals surface area contributed by atoms with Crippen LogP contribution in [-0.2, 0) is 0 Å². The first-order chi connectivity index (χ1) is 13.1. The van der Waals surface area contributed by atoms with Crippen LogP contribution in [0, 0.1) is 0 Å². The summed E-state index contributed by atoms with van der Waals surface area (Å²) in [6.45, 7) is 4.02. The summed E-state index contributed by atoms with van der Waals surface area (Å²) in [5.74, 6) is 0.00363. The van der Waals surface area contributed by atoms with Crippen LogP contribution in [-0.4, -0.2) is 16.6 Å². The minimum absolute atomic E-state index is 0.281. The van der Waals surface area contributed by atoms with Crippen molar-refractivity contribution in [2.45, 2.75) is 20.3 Å². The molecule has 2 heterocycles. The summed E-state index contributed by atoms with van der Waals surface area (Å²) in [5.41, 5.74) is 6.23. The van der Waals surface area contributed by atoms with E-state index in [1.165, 1.54) is 11.3 Å². The van der Waals surface area contributed by atoms with Crippen molar-refractivity contribution in [1.82, 2.24) is 4.98 Å². The van der Waals surface area contributed by atoms with Crippen molar-refractivity contribution < 1.29 is 9.21 Å². The minimum atomic E-state index is -0.281. The maximum atomic E-state index is 12.5. The molecule has 0 fully saturated rings. The van der Waals surface area contributed by atoms with Crippen molar-refractivity contribution in [1.29, 1.82) is 0 Å². The predicted octanol–water partition coefficient (Wildman–Crippen LogP) is 5.49. The number of anilines is 2. The number of hydrogen-bond acceptors (Lipinski definition) is 6. The molecule has 0 bridgehead atoms. The van der Waals surface area contributed by atoms with Crippen molar-refractivity contribution in [2.75, 3.05) is 10.7 Å². The monoisotopic (exact) mass is 378 g/mol. The van der Waals surface area contributed by atoms with Crippen LogP contribution in [0.3, 0.4) is 0 Å². The number of hydrogen-bond donors (Lipinski definition) is 2. The van der Waals surface area contributed by atoms with Crippen LogP contribution in [0.1, 0.15) is 30.8 Å². The van der Waals surface area contributed by atoms with Gasteiger partial charge in [-0.2, -0.15) is 5.10 Å². The standard InChI is InChI=1S/C20H18N4O2S/c1-3-12(2)23-24-20-22-15-9-8-14(11-18(15)27-20)21-19(25)17-10-13-6-4-5-7-16(13)26-17/h4-11H,3H2,1-2H3,(H,21,25)(H,22,24)/b23-12+. The molecule has 0 saturated carbocycles. The number of furan rings is 1. The highest BCUT2D eigenvalue weighted by molar-refractivity contribution is 7.22. The Morgan fingerprint density at radius 3 is 2.89 bits per heavy atom. The molecule has 4 aromatic rings. The SMILES string of the molecule is CC/C(C)=N/Nc1nc2ccc(NC(=O)c3cc4ccccc4o3)cc2s1. The number of para-hydroxylation sites is 1. The van der Waals surface area contributed by atoms with Crippen LogP contribution >= 0.6 is 11.3 Å². The molecule has 2 aromatic carbocycles. The number of thiazole rings is 1. The van der Waals surface area contributed by atoms with Gasteiger partial charge >= 0.3 is 0 Å². The third-order valence-corrected chi connectivity index (χ3v) is 5.07. The number of benzene rings is 2. The second kappa shape index (κ2) is 7.20. The van der Waals surface area contributed by atoms with Crippen LogP contribution in [0.2, 0.25) is 0 Å². The van der Waals surface area contributed by atoms with E-state index in [9.17, 15) is 4.79 Å². The van der Waals surface area contributed by atoms with Crippen molar-refractivity contribution in [2.24, 2.45) is 5.10 Å². The largest absolute Gasteiger partial charge is 0.451 e. The lowest BCUT2D eigenvalue weighted by Crippen LogP contribution is -2.10. The molecule has 4 rings (SSSR count). The van der Waals surface area contributed by atoms with Gasteiger partial charge in [0.25, 0.3) is 5.91 Å². The molecule has 27 heavy (non-hydrogen) atoms. The first kappa shape index (κ1) is 17.2. The first-order valence-electron chi connectivity index (χ1n) is 8.62. The summed E-state index contributed by atoms with van der Waals surface area (Å²) in [6.07, 6.45) is 0.885. The maximum Gasteiger partial charge on any atom is 0.291 e. The van der Waals surface area contributed by atoms with Crippen LogP contribution in [0.15, 0.2) is 58.0 Å². The maximum absolute atomic E-state index is 12.5. The zero-order valence-electron chi connectivity index (χ0n) is 14.9. The molecular formula is C20H18N4O2S. The van der Waals surface area contributed by atoms with Gasteiger partial charge in [-0.25, -0.2) is 4.98 Å². The molecule has 2 N–H and O–H groups in total. The van der Waals surface area contributed by atoms with E-state index in [1.807, 2.05) is 49.4 Å². The number of fused-ring (bicyclic) bond motifs is 2. The molecule has 7 heteroatoms. The van der Waals surface area contributed by atoms with Crippen LogP contribution < -0.4 is 10.7 Å². The molecule has 0 spiro atoms. The highest BCUT2D eigenvalue weighted by Gasteiger charge is 2.13. The molecule has 0 saturated heterocycles.